The van der Waals surface area contributed by atoms with Crippen LogP contribution < -0.4 is 15.2 Å². The Morgan fingerprint density at radius 2 is 1.95 bits per heavy atom. The minimum atomic E-state index is -3.53. The van der Waals surface area contributed by atoms with Gasteiger partial charge in [0.1, 0.15) is 5.75 Å². The van der Waals surface area contributed by atoms with Gasteiger partial charge in [-0.2, -0.15) is 0 Å². The van der Waals surface area contributed by atoms with E-state index >= 15 is 0 Å². The summed E-state index contributed by atoms with van der Waals surface area (Å²) in [6.45, 7) is 9.12. The Balaban J connectivity index is 2.98. The van der Waals surface area contributed by atoms with Crippen LogP contribution in [0.5, 0.6) is 5.75 Å². The van der Waals surface area contributed by atoms with Gasteiger partial charge in [0.25, 0.3) is 0 Å². The molecule has 0 heterocycles. The van der Waals surface area contributed by atoms with Gasteiger partial charge in [-0.05, 0) is 37.0 Å². The van der Waals surface area contributed by atoms with E-state index in [0.717, 1.165) is 6.42 Å². The maximum atomic E-state index is 12.3. The van der Waals surface area contributed by atoms with E-state index in [0.29, 0.717) is 24.5 Å². The van der Waals surface area contributed by atoms with Crippen LogP contribution in [0.4, 0.5) is 0 Å². The second kappa shape index (κ2) is 7.24. The average Bonchev–Trinajstić information content (AvgIpc) is 2.46. The monoisotopic (exact) mass is 314 g/mol. The Labute approximate surface area is 127 Å². The molecule has 0 unspecified atom stereocenters. The zero-order valence-electron chi connectivity index (χ0n) is 13.3. The van der Waals surface area contributed by atoms with Gasteiger partial charge in [0, 0.05) is 18.7 Å². The van der Waals surface area contributed by atoms with E-state index in [4.69, 9.17) is 10.5 Å². The van der Waals surface area contributed by atoms with Crippen molar-refractivity contribution < 1.29 is 13.2 Å². The van der Waals surface area contributed by atoms with E-state index in [2.05, 4.69) is 4.72 Å². The number of nitrogens with one attached hydrogen (secondary N) is 1. The molecule has 0 atom stereocenters. The van der Waals surface area contributed by atoms with Crippen LogP contribution >= 0.6 is 0 Å². The lowest BCUT2D eigenvalue weighted by molar-refractivity contribution is 0.336. The second-order valence-corrected chi connectivity index (χ2v) is 7.52. The molecule has 0 radical (unpaired) electrons. The fourth-order valence-corrected chi connectivity index (χ4v) is 2.97. The van der Waals surface area contributed by atoms with E-state index in [1.165, 1.54) is 0 Å². The third-order valence-corrected chi connectivity index (χ3v) is 4.96. The topological polar surface area (TPSA) is 81.4 Å². The van der Waals surface area contributed by atoms with Gasteiger partial charge in [-0.3, -0.25) is 0 Å². The first kappa shape index (κ1) is 17.9. The van der Waals surface area contributed by atoms with Crippen LogP contribution in [0.25, 0.3) is 0 Å². The summed E-state index contributed by atoms with van der Waals surface area (Å²) in [6.07, 6.45) is 0.896. The lowest BCUT2D eigenvalue weighted by atomic mass is 9.91. The Hall–Kier alpha value is -1.11. The van der Waals surface area contributed by atoms with Crippen molar-refractivity contribution >= 4 is 10.0 Å². The molecule has 0 aromatic heterocycles. The van der Waals surface area contributed by atoms with Gasteiger partial charge >= 0.3 is 0 Å². The van der Waals surface area contributed by atoms with Gasteiger partial charge in [0.2, 0.25) is 10.0 Å². The van der Waals surface area contributed by atoms with Gasteiger partial charge in [-0.25, -0.2) is 13.1 Å². The standard InChI is InChI=1S/C15H26N2O3S/c1-5-15(3,4)11-17-21(18,19)13-7-8-14(20-6-2)12(9-13)10-16/h7-9,17H,5-6,10-11,16H2,1-4H3. The molecule has 120 valence electrons. The first-order chi connectivity index (χ1) is 9.75. The number of benzene rings is 1. The van der Waals surface area contributed by atoms with Crippen LogP contribution in [-0.4, -0.2) is 21.6 Å². The molecular formula is C15H26N2O3S. The maximum absolute atomic E-state index is 12.3. The molecule has 0 aliphatic carbocycles. The molecule has 0 aliphatic rings. The Morgan fingerprint density at radius 3 is 2.48 bits per heavy atom. The van der Waals surface area contributed by atoms with Crippen LogP contribution in [-0.2, 0) is 16.6 Å². The van der Waals surface area contributed by atoms with Crippen molar-refractivity contribution in [2.45, 2.75) is 45.6 Å². The summed E-state index contributed by atoms with van der Waals surface area (Å²) in [4.78, 5) is 0.221. The third kappa shape index (κ3) is 4.98. The van der Waals surface area contributed by atoms with Crippen molar-refractivity contribution in [1.82, 2.24) is 4.72 Å². The molecular weight excluding hydrogens is 288 g/mol. The SMILES string of the molecule is CCOc1ccc(S(=O)(=O)NCC(C)(C)CC)cc1CN. The predicted molar refractivity (Wildman–Crippen MR) is 84.8 cm³/mol. The number of hydrogen-bond acceptors (Lipinski definition) is 4. The van der Waals surface area contributed by atoms with Gasteiger partial charge in [0.05, 0.1) is 11.5 Å². The third-order valence-electron chi connectivity index (χ3n) is 3.56. The van der Waals surface area contributed by atoms with Crippen LogP contribution in [0.3, 0.4) is 0 Å². The zero-order valence-corrected chi connectivity index (χ0v) is 14.1. The molecule has 6 heteroatoms. The Bertz CT molecular complexity index is 568. The number of sulfonamides is 1. The molecule has 1 aromatic carbocycles. The van der Waals surface area contributed by atoms with Crippen LogP contribution in [0.2, 0.25) is 0 Å². The van der Waals surface area contributed by atoms with E-state index < -0.39 is 10.0 Å². The van der Waals surface area contributed by atoms with Crippen molar-refractivity contribution in [1.29, 1.82) is 0 Å². The Morgan fingerprint density at radius 1 is 1.29 bits per heavy atom. The highest BCUT2D eigenvalue weighted by molar-refractivity contribution is 7.89. The zero-order chi connectivity index (χ0) is 16.1. The van der Waals surface area contributed by atoms with Crippen LogP contribution in [0.1, 0.15) is 39.7 Å². The summed E-state index contributed by atoms with van der Waals surface area (Å²) in [5, 5.41) is 0. The van der Waals surface area contributed by atoms with Crippen molar-refractivity contribution in [3.8, 4) is 5.75 Å². The largest absolute Gasteiger partial charge is 0.494 e. The minimum Gasteiger partial charge on any atom is -0.494 e. The number of hydrogen-bond donors (Lipinski definition) is 2. The summed E-state index contributed by atoms with van der Waals surface area (Å²) >= 11 is 0. The Kier molecular flexibility index (Phi) is 6.19. The smallest absolute Gasteiger partial charge is 0.240 e. The van der Waals surface area contributed by atoms with E-state index in [-0.39, 0.29) is 16.9 Å². The molecule has 0 spiro atoms. The lowest BCUT2D eigenvalue weighted by Crippen LogP contribution is -2.33. The predicted octanol–water partition coefficient (Wildman–Crippen LogP) is 2.26. The molecule has 0 saturated carbocycles. The fraction of sp³-hybridized carbons (Fsp3) is 0.600. The summed E-state index contributed by atoms with van der Waals surface area (Å²) in [7, 11) is -3.53. The number of ether oxygens (including phenoxy) is 1. The summed E-state index contributed by atoms with van der Waals surface area (Å²) < 4.78 is 32.8. The minimum absolute atomic E-state index is 0.0744. The second-order valence-electron chi connectivity index (χ2n) is 5.75. The highest BCUT2D eigenvalue weighted by Crippen LogP contribution is 2.23. The maximum Gasteiger partial charge on any atom is 0.240 e. The summed E-state index contributed by atoms with van der Waals surface area (Å²) in [5.74, 6) is 0.632. The molecule has 0 fully saturated rings. The molecule has 1 aromatic rings. The molecule has 1 rings (SSSR count). The van der Waals surface area contributed by atoms with E-state index in [9.17, 15) is 8.42 Å². The van der Waals surface area contributed by atoms with E-state index in [1.54, 1.807) is 18.2 Å². The first-order valence-corrected chi connectivity index (χ1v) is 8.69. The number of nitrogens with two attached hydrogens (primary N) is 1. The van der Waals surface area contributed by atoms with Crippen LogP contribution in [0.15, 0.2) is 23.1 Å². The molecule has 0 amide bonds. The van der Waals surface area contributed by atoms with Crippen molar-refractivity contribution in [3.05, 3.63) is 23.8 Å². The van der Waals surface area contributed by atoms with Gasteiger partial charge in [-0.1, -0.05) is 20.8 Å². The molecule has 21 heavy (non-hydrogen) atoms. The average molecular weight is 314 g/mol. The molecule has 3 N–H and O–H groups in total. The highest BCUT2D eigenvalue weighted by atomic mass is 32.2. The van der Waals surface area contributed by atoms with Crippen molar-refractivity contribution in [2.24, 2.45) is 11.1 Å². The summed E-state index contributed by atoms with van der Waals surface area (Å²) in [5.41, 5.74) is 6.28. The first-order valence-electron chi connectivity index (χ1n) is 7.21. The van der Waals surface area contributed by atoms with Gasteiger partial charge < -0.3 is 10.5 Å². The molecule has 0 saturated heterocycles. The van der Waals surface area contributed by atoms with E-state index in [1.807, 2.05) is 27.7 Å². The lowest BCUT2D eigenvalue weighted by Gasteiger charge is -2.23. The van der Waals surface area contributed by atoms with Crippen molar-refractivity contribution in [3.63, 3.8) is 0 Å². The molecule has 5 nitrogen and oxygen atoms in total. The quantitative estimate of drug-likeness (QED) is 0.771. The fourth-order valence-electron chi connectivity index (χ4n) is 1.68. The van der Waals surface area contributed by atoms with Crippen LogP contribution in [0, 0.1) is 5.41 Å². The van der Waals surface area contributed by atoms with Crippen molar-refractivity contribution in [2.75, 3.05) is 13.2 Å². The van der Waals surface area contributed by atoms with Gasteiger partial charge in [0.15, 0.2) is 0 Å². The summed E-state index contributed by atoms with van der Waals surface area (Å²) in [6, 6.07) is 4.78. The normalized spacial score (nSPS) is 12.4. The highest BCUT2D eigenvalue weighted by Gasteiger charge is 2.21. The molecule has 0 bridgehead atoms. The van der Waals surface area contributed by atoms with Gasteiger partial charge in [-0.15, -0.1) is 0 Å². The number of rotatable bonds is 8. The molecule has 0 aliphatic heterocycles.